The topological polar surface area (TPSA) is 58.6 Å². The van der Waals surface area contributed by atoms with Gasteiger partial charge in [-0.15, -0.1) is 0 Å². The zero-order valence-electron chi connectivity index (χ0n) is 14.6. The summed E-state index contributed by atoms with van der Waals surface area (Å²) >= 11 is 5.90. The van der Waals surface area contributed by atoms with E-state index in [-0.39, 0.29) is 10.7 Å². The van der Waals surface area contributed by atoms with Crippen molar-refractivity contribution in [2.45, 2.75) is 51.4 Å². The number of nitrogens with zero attached hydrogens (tertiary/aromatic N) is 1. The van der Waals surface area contributed by atoms with Crippen molar-refractivity contribution in [2.24, 2.45) is 0 Å². The Morgan fingerprint density at radius 1 is 1.27 bits per heavy atom. The molecule has 5 nitrogen and oxygen atoms in total. The van der Waals surface area contributed by atoms with Gasteiger partial charge in [0.05, 0.1) is 16.3 Å². The van der Waals surface area contributed by atoms with E-state index in [0.717, 1.165) is 18.2 Å². The Kier molecular flexibility index (Phi) is 5.75. The molecule has 144 valence electrons. The van der Waals surface area contributed by atoms with E-state index in [4.69, 9.17) is 16.3 Å². The summed E-state index contributed by atoms with van der Waals surface area (Å²) < 4.78 is 43.8. The molecule has 1 heterocycles. The highest BCUT2D eigenvalue weighted by atomic mass is 35.5. The van der Waals surface area contributed by atoms with E-state index in [1.54, 1.807) is 20.8 Å². The normalized spacial score (nSPS) is 18.0. The minimum absolute atomic E-state index is 0.0202. The van der Waals surface area contributed by atoms with Gasteiger partial charge >= 0.3 is 12.3 Å². The Morgan fingerprint density at radius 2 is 1.92 bits per heavy atom. The number of nitrogens with one attached hydrogen (secondary N) is 1. The second-order valence-electron chi connectivity index (χ2n) is 7.01. The second kappa shape index (κ2) is 7.34. The number of rotatable bonds is 2. The molecule has 2 rings (SSSR count). The molecule has 1 aromatic rings. The van der Waals surface area contributed by atoms with Gasteiger partial charge in [0.25, 0.3) is 0 Å². The summed E-state index contributed by atoms with van der Waals surface area (Å²) in [5.74, 6) is -0.602. The highest BCUT2D eigenvalue weighted by Gasteiger charge is 2.37. The molecule has 1 fully saturated rings. The molecule has 0 saturated carbocycles. The van der Waals surface area contributed by atoms with E-state index in [1.165, 1.54) is 4.90 Å². The largest absolute Gasteiger partial charge is 0.444 e. The summed E-state index contributed by atoms with van der Waals surface area (Å²) in [6.45, 7) is 5.46. The van der Waals surface area contributed by atoms with Crippen LogP contribution in [0.1, 0.15) is 39.2 Å². The van der Waals surface area contributed by atoms with E-state index in [2.05, 4.69) is 5.32 Å². The molecule has 0 aliphatic carbocycles. The zero-order chi connectivity index (χ0) is 19.7. The minimum Gasteiger partial charge on any atom is -0.444 e. The Morgan fingerprint density at radius 3 is 2.50 bits per heavy atom. The first-order valence-corrected chi connectivity index (χ1v) is 8.43. The first kappa shape index (κ1) is 20.4. The minimum atomic E-state index is -4.56. The number of hydrogen-bond acceptors (Lipinski definition) is 3. The Hall–Kier alpha value is -1.96. The van der Waals surface area contributed by atoms with Crippen molar-refractivity contribution in [3.05, 3.63) is 28.8 Å². The summed E-state index contributed by atoms with van der Waals surface area (Å²) in [5, 5.41) is 2.37. The number of amides is 2. The Labute approximate surface area is 154 Å². The maximum atomic E-state index is 12.8. The van der Waals surface area contributed by atoms with Gasteiger partial charge in [-0.2, -0.15) is 13.2 Å². The molecule has 1 saturated heterocycles. The number of hydrogen-bond donors (Lipinski definition) is 1. The van der Waals surface area contributed by atoms with Gasteiger partial charge in [0.2, 0.25) is 5.91 Å². The lowest BCUT2D eigenvalue weighted by atomic mass is 10.1. The fourth-order valence-corrected chi connectivity index (χ4v) is 2.76. The molecule has 1 unspecified atom stereocenters. The van der Waals surface area contributed by atoms with Gasteiger partial charge in [-0.25, -0.2) is 4.79 Å². The molecule has 0 radical (unpaired) electrons. The zero-order valence-corrected chi connectivity index (χ0v) is 15.4. The van der Waals surface area contributed by atoms with Crippen LogP contribution in [0, 0.1) is 0 Å². The van der Waals surface area contributed by atoms with Gasteiger partial charge in [0, 0.05) is 6.54 Å². The van der Waals surface area contributed by atoms with Crippen molar-refractivity contribution in [3.63, 3.8) is 0 Å². The summed E-state index contributed by atoms with van der Waals surface area (Å²) in [6.07, 6.45) is -4.21. The quantitative estimate of drug-likeness (QED) is 0.793. The lowest BCUT2D eigenvalue weighted by molar-refractivity contribution is -0.137. The highest BCUT2D eigenvalue weighted by molar-refractivity contribution is 6.33. The number of carbonyl (C=O) groups is 2. The molecule has 2 amide bonds. The number of ether oxygens (including phenoxy) is 1. The number of likely N-dealkylation sites (tertiary alicyclic amines) is 1. The van der Waals surface area contributed by atoms with Gasteiger partial charge in [-0.3, -0.25) is 9.69 Å². The van der Waals surface area contributed by atoms with Crippen molar-refractivity contribution < 1.29 is 27.5 Å². The number of anilines is 1. The van der Waals surface area contributed by atoms with Gasteiger partial charge in [0.15, 0.2) is 0 Å². The van der Waals surface area contributed by atoms with Crippen molar-refractivity contribution in [1.82, 2.24) is 4.90 Å². The standard InChI is InChI=1S/C17H20ClF3N2O3/c1-16(2,3)26-15(25)23-8-4-5-13(23)14(24)22-12-9-10(17(19,20)21)6-7-11(12)18/h6-7,9,13H,4-5,8H2,1-3H3,(H,22,24). The third-order valence-electron chi connectivity index (χ3n) is 3.74. The molecule has 1 aliphatic rings. The van der Waals surface area contributed by atoms with E-state index in [9.17, 15) is 22.8 Å². The van der Waals surface area contributed by atoms with Crippen LogP contribution in [0.25, 0.3) is 0 Å². The lowest BCUT2D eigenvalue weighted by Crippen LogP contribution is -2.45. The molecule has 1 N–H and O–H groups in total. The number of alkyl halides is 3. The van der Waals surface area contributed by atoms with Crippen LogP contribution in [0.5, 0.6) is 0 Å². The van der Waals surface area contributed by atoms with Gasteiger partial charge < -0.3 is 10.1 Å². The maximum Gasteiger partial charge on any atom is 0.416 e. The molecule has 0 bridgehead atoms. The fraction of sp³-hybridized carbons (Fsp3) is 0.529. The van der Waals surface area contributed by atoms with Crippen molar-refractivity contribution in [2.75, 3.05) is 11.9 Å². The van der Waals surface area contributed by atoms with E-state index in [1.807, 2.05) is 0 Å². The summed E-state index contributed by atoms with van der Waals surface area (Å²) in [6, 6.07) is 1.85. The Bertz CT molecular complexity index is 701. The van der Waals surface area contributed by atoms with Crippen LogP contribution in [0.2, 0.25) is 5.02 Å². The predicted molar refractivity (Wildman–Crippen MR) is 91.0 cm³/mol. The average Bonchev–Trinajstić information content (AvgIpc) is 2.96. The summed E-state index contributed by atoms with van der Waals surface area (Å²) in [4.78, 5) is 26.0. The summed E-state index contributed by atoms with van der Waals surface area (Å²) in [7, 11) is 0. The molecule has 1 aromatic carbocycles. The summed E-state index contributed by atoms with van der Waals surface area (Å²) in [5.41, 5.74) is -1.79. The van der Waals surface area contributed by atoms with Crippen molar-refractivity contribution in [1.29, 1.82) is 0 Å². The molecular weight excluding hydrogens is 373 g/mol. The SMILES string of the molecule is CC(C)(C)OC(=O)N1CCCC1C(=O)Nc1cc(C(F)(F)F)ccc1Cl. The maximum absolute atomic E-state index is 12.8. The van der Waals surface area contributed by atoms with E-state index in [0.29, 0.717) is 19.4 Å². The molecule has 0 spiro atoms. The van der Waals surface area contributed by atoms with Gasteiger partial charge in [-0.05, 0) is 51.8 Å². The fourth-order valence-electron chi connectivity index (χ4n) is 2.59. The van der Waals surface area contributed by atoms with Gasteiger partial charge in [0.1, 0.15) is 11.6 Å². The van der Waals surface area contributed by atoms with Crippen LogP contribution >= 0.6 is 11.6 Å². The molecule has 0 aromatic heterocycles. The average molecular weight is 393 g/mol. The van der Waals surface area contributed by atoms with Crippen LogP contribution < -0.4 is 5.32 Å². The predicted octanol–water partition coefficient (Wildman–Crippen LogP) is 4.70. The second-order valence-corrected chi connectivity index (χ2v) is 7.42. The van der Waals surface area contributed by atoms with Crippen LogP contribution in [-0.2, 0) is 15.7 Å². The van der Waals surface area contributed by atoms with Crippen molar-refractivity contribution in [3.8, 4) is 0 Å². The lowest BCUT2D eigenvalue weighted by Gasteiger charge is -2.28. The van der Waals surface area contributed by atoms with Crippen LogP contribution in [-0.4, -0.2) is 35.1 Å². The molecule has 26 heavy (non-hydrogen) atoms. The van der Waals surface area contributed by atoms with Crippen LogP contribution in [0.4, 0.5) is 23.7 Å². The monoisotopic (exact) mass is 392 g/mol. The van der Waals surface area contributed by atoms with Gasteiger partial charge in [-0.1, -0.05) is 11.6 Å². The Balaban J connectivity index is 2.15. The highest BCUT2D eigenvalue weighted by Crippen LogP contribution is 2.34. The third-order valence-corrected chi connectivity index (χ3v) is 4.06. The molecule has 1 atom stereocenters. The first-order valence-electron chi connectivity index (χ1n) is 8.06. The van der Waals surface area contributed by atoms with E-state index >= 15 is 0 Å². The number of benzene rings is 1. The molecular formula is C17H20ClF3N2O3. The van der Waals surface area contributed by atoms with Crippen LogP contribution in [0.15, 0.2) is 18.2 Å². The number of halogens is 4. The smallest absolute Gasteiger partial charge is 0.416 e. The molecule has 9 heteroatoms. The first-order chi connectivity index (χ1) is 11.9. The molecule has 1 aliphatic heterocycles. The van der Waals surface area contributed by atoms with Crippen molar-refractivity contribution >= 4 is 29.3 Å². The third kappa shape index (κ3) is 5.03. The van der Waals surface area contributed by atoms with Crippen LogP contribution in [0.3, 0.4) is 0 Å². The number of carbonyl (C=O) groups excluding carboxylic acids is 2. The van der Waals surface area contributed by atoms with E-state index < -0.39 is 35.4 Å².